The van der Waals surface area contributed by atoms with Crippen molar-refractivity contribution in [3.8, 4) is 34.5 Å². The Labute approximate surface area is 215 Å². The van der Waals surface area contributed by atoms with E-state index in [1.807, 2.05) is 54.6 Å². The molecule has 35 heavy (non-hydrogen) atoms. The average molecular weight is 518 g/mol. The van der Waals surface area contributed by atoms with Gasteiger partial charge in [0.2, 0.25) is 5.75 Å². The lowest BCUT2D eigenvalue weighted by Gasteiger charge is -2.15. The van der Waals surface area contributed by atoms with Crippen LogP contribution in [0.4, 0.5) is 5.69 Å². The van der Waals surface area contributed by atoms with E-state index in [1.165, 1.54) is 11.9 Å². The molecule has 0 unspecified atom stereocenters. The molecule has 0 heterocycles. The van der Waals surface area contributed by atoms with Gasteiger partial charge in [0.15, 0.2) is 23.0 Å². The highest BCUT2D eigenvalue weighted by atomic mass is 35.5. The van der Waals surface area contributed by atoms with E-state index in [0.717, 1.165) is 21.7 Å². The van der Waals surface area contributed by atoms with Crippen molar-refractivity contribution in [3.05, 3.63) is 58.6 Å². The molecule has 0 saturated heterocycles. The van der Waals surface area contributed by atoms with Gasteiger partial charge in [0.05, 0.1) is 53.4 Å². The molecule has 0 radical (unpaired) electrons. The van der Waals surface area contributed by atoms with Gasteiger partial charge >= 0.3 is 0 Å². The maximum Gasteiger partial charge on any atom is 0.203 e. The lowest BCUT2D eigenvalue weighted by molar-refractivity contribution is 0.324. The van der Waals surface area contributed by atoms with Crippen LogP contribution in [0.1, 0.15) is 11.1 Å². The highest BCUT2D eigenvalue weighted by Gasteiger charge is 2.14. The minimum atomic E-state index is 0.536. The van der Waals surface area contributed by atoms with Gasteiger partial charge in [0, 0.05) is 16.5 Å². The van der Waals surface area contributed by atoms with E-state index in [9.17, 15) is 0 Å². The molecule has 3 rings (SSSR count). The van der Waals surface area contributed by atoms with Crippen LogP contribution in [0.5, 0.6) is 34.5 Å². The minimum absolute atomic E-state index is 0.536. The predicted molar refractivity (Wildman–Crippen MR) is 142 cm³/mol. The summed E-state index contributed by atoms with van der Waals surface area (Å²) in [6, 6.07) is 13.1. The van der Waals surface area contributed by atoms with Crippen molar-refractivity contribution in [3.63, 3.8) is 0 Å². The lowest BCUT2D eigenvalue weighted by Crippen LogP contribution is -1.96. The fourth-order valence-electron chi connectivity index (χ4n) is 3.33. The summed E-state index contributed by atoms with van der Waals surface area (Å²) in [6.07, 6.45) is 3.92. The topological polar surface area (TPSA) is 67.4 Å². The summed E-state index contributed by atoms with van der Waals surface area (Å²) in [5.74, 6) is 3.52. The second-order valence-electron chi connectivity index (χ2n) is 7.09. The third-order valence-electron chi connectivity index (χ3n) is 5.10. The Kier molecular flexibility index (Phi) is 9.28. The SMILES string of the molecule is COc1ccc(SNc2cc(OC)c(OC)cc2/C=C\c2cc(OC)c(OC)c(OC)c2)cc1Cl. The average Bonchev–Trinajstić information content (AvgIpc) is 2.89. The van der Waals surface area contributed by atoms with Crippen molar-refractivity contribution in [2.24, 2.45) is 0 Å². The van der Waals surface area contributed by atoms with E-state index in [0.29, 0.717) is 39.5 Å². The van der Waals surface area contributed by atoms with Crippen molar-refractivity contribution >= 4 is 41.4 Å². The molecule has 3 aromatic rings. The zero-order valence-electron chi connectivity index (χ0n) is 20.4. The molecule has 0 aliphatic rings. The van der Waals surface area contributed by atoms with Crippen LogP contribution in [0.15, 0.2) is 47.4 Å². The van der Waals surface area contributed by atoms with Crippen LogP contribution < -0.4 is 33.1 Å². The molecular weight excluding hydrogens is 490 g/mol. The smallest absolute Gasteiger partial charge is 0.203 e. The lowest BCUT2D eigenvalue weighted by atomic mass is 10.1. The van der Waals surface area contributed by atoms with Gasteiger partial charge in [0.1, 0.15) is 5.75 Å². The van der Waals surface area contributed by atoms with Crippen LogP contribution in [0.3, 0.4) is 0 Å². The Hall–Kier alpha value is -3.36. The molecule has 9 heteroatoms. The molecule has 1 N–H and O–H groups in total. The van der Waals surface area contributed by atoms with Gasteiger partial charge in [-0.1, -0.05) is 23.8 Å². The van der Waals surface area contributed by atoms with E-state index in [2.05, 4.69) is 4.72 Å². The first-order chi connectivity index (χ1) is 17.0. The largest absolute Gasteiger partial charge is 0.495 e. The molecule has 3 aromatic carbocycles. The fourth-order valence-corrected chi connectivity index (χ4v) is 4.37. The zero-order valence-corrected chi connectivity index (χ0v) is 22.0. The molecule has 186 valence electrons. The standard InChI is InChI=1S/C26H28ClNO6S/c1-29-21-10-9-18(14-19(21)27)35-28-20-15-23(31-3)22(30-2)13-17(20)8-7-16-11-24(32-4)26(34-6)25(12-16)33-5/h7-15,28H,1-6H3/b8-7-. The summed E-state index contributed by atoms with van der Waals surface area (Å²) in [6.45, 7) is 0. The Balaban J connectivity index is 1.96. The first-order valence-electron chi connectivity index (χ1n) is 10.5. The molecule has 0 atom stereocenters. The molecule has 0 fully saturated rings. The normalized spacial score (nSPS) is 10.7. The van der Waals surface area contributed by atoms with E-state index in [4.69, 9.17) is 40.0 Å². The van der Waals surface area contributed by atoms with Gasteiger partial charge in [-0.25, -0.2) is 0 Å². The second kappa shape index (κ2) is 12.4. The van der Waals surface area contributed by atoms with Crippen LogP contribution >= 0.6 is 23.5 Å². The molecule has 0 spiro atoms. The van der Waals surface area contributed by atoms with Gasteiger partial charge in [0.25, 0.3) is 0 Å². The molecule has 0 saturated carbocycles. The Bertz CT molecular complexity index is 1180. The van der Waals surface area contributed by atoms with E-state index in [1.54, 1.807) is 42.7 Å². The summed E-state index contributed by atoms with van der Waals surface area (Å²) in [5, 5.41) is 0.536. The highest BCUT2D eigenvalue weighted by Crippen LogP contribution is 2.40. The number of anilines is 1. The Morgan fingerprint density at radius 2 is 1.26 bits per heavy atom. The molecule has 7 nitrogen and oxygen atoms in total. The van der Waals surface area contributed by atoms with Crippen molar-refractivity contribution in [1.29, 1.82) is 0 Å². The number of hydrogen-bond acceptors (Lipinski definition) is 8. The quantitative estimate of drug-likeness (QED) is 0.223. The van der Waals surface area contributed by atoms with E-state index in [-0.39, 0.29) is 0 Å². The maximum atomic E-state index is 6.28. The monoisotopic (exact) mass is 517 g/mol. The maximum absolute atomic E-state index is 6.28. The molecule has 0 aliphatic carbocycles. The van der Waals surface area contributed by atoms with Crippen LogP contribution in [0, 0.1) is 0 Å². The van der Waals surface area contributed by atoms with Crippen molar-refractivity contribution in [2.45, 2.75) is 4.90 Å². The Morgan fingerprint density at radius 3 is 1.80 bits per heavy atom. The van der Waals surface area contributed by atoms with Crippen LogP contribution in [0.2, 0.25) is 5.02 Å². The number of nitrogens with one attached hydrogen (secondary N) is 1. The predicted octanol–water partition coefficient (Wildman–Crippen LogP) is 6.68. The van der Waals surface area contributed by atoms with Gasteiger partial charge in [-0.05, 0) is 53.9 Å². The first-order valence-corrected chi connectivity index (χ1v) is 11.7. The third-order valence-corrected chi connectivity index (χ3v) is 6.21. The minimum Gasteiger partial charge on any atom is -0.495 e. The number of benzene rings is 3. The Morgan fingerprint density at radius 1 is 0.657 bits per heavy atom. The van der Waals surface area contributed by atoms with Crippen molar-refractivity contribution in [2.75, 3.05) is 47.4 Å². The van der Waals surface area contributed by atoms with Gasteiger partial charge in [-0.15, -0.1) is 0 Å². The number of halogens is 1. The van der Waals surface area contributed by atoms with E-state index >= 15 is 0 Å². The van der Waals surface area contributed by atoms with Gasteiger partial charge in [-0.3, -0.25) is 0 Å². The number of ether oxygens (including phenoxy) is 6. The summed E-state index contributed by atoms with van der Waals surface area (Å²) >= 11 is 7.69. The second-order valence-corrected chi connectivity index (χ2v) is 8.37. The number of methoxy groups -OCH3 is 6. The van der Waals surface area contributed by atoms with Gasteiger partial charge < -0.3 is 33.1 Å². The summed E-state index contributed by atoms with van der Waals surface area (Å²) in [4.78, 5) is 0.921. The molecule has 0 aromatic heterocycles. The van der Waals surface area contributed by atoms with Crippen LogP contribution in [-0.2, 0) is 0 Å². The molecule has 0 aliphatic heterocycles. The first kappa shape index (κ1) is 26.2. The van der Waals surface area contributed by atoms with Gasteiger partial charge in [-0.2, -0.15) is 0 Å². The van der Waals surface area contributed by atoms with Crippen LogP contribution in [-0.4, -0.2) is 42.7 Å². The molecule has 0 bridgehead atoms. The van der Waals surface area contributed by atoms with Crippen LogP contribution in [0.25, 0.3) is 12.2 Å². The van der Waals surface area contributed by atoms with E-state index < -0.39 is 0 Å². The highest BCUT2D eigenvalue weighted by molar-refractivity contribution is 8.00. The summed E-state index contributed by atoms with van der Waals surface area (Å²) in [5.41, 5.74) is 2.57. The summed E-state index contributed by atoms with van der Waals surface area (Å²) < 4.78 is 36.0. The molecular formula is C26H28ClNO6S. The summed E-state index contributed by atoms with van der Waals surface area (Å²) in [7, 11) is 9.54. The van der Waals surface area contributed by atoms with Crippen molar-refractivity contribution < 1.29 is 28.4 Å². The van der Waals surface area contributed by atoms with Crippen molar-refractivity contribution in [1.82, 2.24) is 0 Å². The number of rotatable bonds is 11. The fraction of sp³-hybridized carbons (Fsp3) is 0.231. The zero-order chi connectivity index (χ0) is 25.4. The third kappa shape index (κ3) is 6.21. The molecule has 0 amide bonds. The number of hydrogen-bond donors (Lipinski definition) is 1.